The van der Waals surface area contributed by atoms with E-state index in [0.717, 1.165) is 10.7 Å². The Bertz CT molecular complexity index is 1190. The maximum absolute atomic E-state index is 12.9. The van der Waals surface area contributed by atoms with Crippen LogP contribution in [0.15, 0.2) is 76.4 Å². The number of nitrogens with zero attached hydrogens (tertiary/aromatic N) is 2. The summed E-state index contributed by atoms with van der Waals surface area (Å²) in [5.74, 6) is 0.394. The van der Waals surface area contributed by atoms with Crippen LogP contribution < -0.4 is 14.8 Å². The minimum Gasteiger partial charge on any atom is -0.497 e. The molecular formula is C25H25N3O5S. The van der Waals surface area contributed by atoms with Crippen molar-refractivity contribution in [3.63, 3.8) is 0 Å². The van der Waals surface area contributed by atoms with Crippen molar-refractivity contribution in [2.45, 2.75) is 19.9 Å². The Kier molecular flexibility index (Phi) is 7.22. The zero-order valence-corrected chi connectivity index (χ0v) is 19.9. The van der Waals surface area contributed by atoms with Crippen molar-refractivity contribution in [1.29, 1.82) is 0 Å². The topological polar surface area (TPSA) is 89.5 Å². The van der Waals surface area contributed by atoms with Crippen molar-refractivity contribution in [3.05, 3.63) is 77.0 Å². The van der Waals surface area contributed by atoms with Crippen LogP contribution in [0.25, 0.3) is 0 Å². The number of rotatable bonds is 8. The molecule has 9 heteroatoms. The zero-order chi connectivity index (χ0) is 24.1. The number of thioether (sulfide) groups is 1. The fourth-order valence-electron chi connectivity index (χ4n) is 3.76. The number of amidine groups is 1. The van der Waals surface area contributed by atoms with Crippen LogP contribution in [-0.4, -0.2) is 42.3 Å². The highest BCUT2D eigenvalue weighted by Crippen LogP contribution is 2.43. The standard InChI is InChI=1S/C25H25N3O5S/c1-4-32-24(30)22-16(2)26-25-28(12-13-34-25)23(22)19-10-5-6-11-20(19)33-15-21(29)27-17-8-7-9-18(14-17)31-3/h5-14,23H,4,15H2,1-3H3,(H,27,29)/t23-/m1/s1. The van der Waals surface area contributed by atoms with Crippen molar-refractivity contribution >= 4 is 34.5 Å². The first-order valence-corrected chi connectivity index (χ1v) is 11.6. The van der Waals surface area contributed by atoms with Gasteiger partial charge in [0.25, 0.3) is 5.91 Å². The first-order valence-electron chi connectivity index (χ1n) is 10.8. The van der Waals surface area contributed by atoms with Crippen molar-refractivity contribution < 1.29 is 23.8 Å². The molecule has 0 unspecified atom stereocenters. The molecule has 2 aliphatic heterocycles. The van der Waals surface area contributed by atoms with E-state index < -0.39 is 12.0 Å². The zero-order valence-electron chi connectivity index (χ0n) is 19.1. The highest BCUT2D eigenvalue weighted by Gasteiger charge is 2.38. The molecule has 1 N–H and O–H groups in total. The molecule has 0 aromatic heterocycles. The number of hydrogen-bond donors (Lipinski definition) is 1. The van der Waals surface area contributed by atoms with Crippen LogP contribution in [0.3, 0.4) is 0 Å². The molecule has 8 nitrogen and oxygen atoms in total. The van der Waals surface area contributed by atoms with E-state index in [1.165, 1.54) is 11.8 Å². The van der Waals surface area contributed by atoms with Crippen LogP contribution in [0.1, 0.15) is 25.5 Å². The molecule has 0 saturated carbocycles. The summed E-state index contributed by atoms with van der Waals surface area (Å²) >= 11 is 1.48. The van der Waals surface area contributed by atoms with Gasteiger partial charge in [0.2, 0.25) is 0 Å². The van der Waals surface area contributed by atoms with Gasteiger partial charge in [-0.15, -0.1) is 0 Å². The largest absolute Gasteiger partial charge is 0.497 e. The number of anilines is 1. The molecule has 2 aromatic rings. The number of carbonyl (C=O) groups is 2. The summed E-state index contributed by atoms with van der Waals surface area (Å²) in [7, 11) is 1.57. The van der Waals surface area contributed by atoms with Gasteiger partial charge in [0, 0.05) is 23.5 Å². The van der Waals surface area contributed by atoms with Crippen molar-refractivity contribution in [2.24, 2.45) is 4.99 Å². The molecule has 2 aliphatic rings. The second kappa shape index (κ2) is 10.5. The van der Waals surface area contributed by atoms with Gasteiger partial charge in [-0.05, 0) is 37.5 Å². The van der Waals surface area contributed by atoms with Gasteiger partial charge in [-0.3, -0.25) is 4.79 Å². The predicted molar refractivity (Wildman–Crippen MR) is 132 cm³/mol. The first-order chi connectivity index (χ1) is 16.5. The number of ether oxygens (including phenoxy) is 3. The van der Waals surface area contributed by atoms with E-state index >= 15 is 0 Å². The summed E-state index contributed by atoms with van der Waals surface area (Å²) < 4.78 is 16.5. The van der Waals surface area contributed by atoms with Gasteiger partial charge in [0.15, 0.2) is 11.8 Å². The number of para-hydroxylation sites is 1. The maximum Gasteiger partial charge on any atom is 0.338 e. The van der Waals surface area contributed by atoms with Gasteiger partial charge in [0.05, 0.1) is 31.0 Å². The van der Waals surface area contributed by atoms with E-state index in [0.29, 0.717) is 28.5 Å². The number of nitrogens with one attached hydrogen (secondary N) is 1. The Balaban J connectivity index is 1.58. The number of allylic oxidation sites excluding steroid dienone is 1. The van der Waals surface area contributed by atoms with Crippen molar-refractivity contribution in [1.82, 2.24) is 4.90 Å². The first kappa shape index (κ1) is 23.4. The third kappa shape index (κ3) is 4.94. The normalized spacial score (nSPS) is 16.6. The molecular weight excluding hydrogens is 454 g/mol. The quantitative estimate of drug-likeness (QED) is 0.559. The van der Waals surface area contributed by atoms with Gasteiger partial charge in [0.1, 0.15) is 11.5 Å². The summed E-state index contributed by atoms with van der Waals surface area (Å²) in [6.45, 7) is 3.62. The average molecular weight is 480 g/mol. The van der Waals surface area contributed by atoms with E-state index in [1.54, 1.807) is 51.3 Å². The van der Waals surface area contributed by atoms with Gasteiger partial charge in [-0.1, -0.05) is 36.0 Å². The lowest BCUT2D eigenvalue weighted by Crippen LogP contribution is -2.34. The van der Waals surface area contributed by atoms with Crippen LogP contribution in [0, 0.1) is 0 Å². The van der Waals surface area contributed by atoms with Gasteiger partial charge >= 0.3 is 5.97 Å². The number of amides is 1. The summed E-state index contributed by atoms with van der Waals surface area (Å²) in [4.78, 5) is 31.9. The number of hydrogen-bond acceptors (Lipinski definition) is 8. The van der Waals surface area contributed by atoms with E-state index in [1.807, 2.05) is 34.7 Å². The lowest BCUT2D eigenvalue weighted by atomic mass is 9.94. The van der Waals surface area contributed by atoms with E-state index in [2.05, 4.69) is 10.3 Å². The third-order valence-corrected chi connectivity index (χ3v) is 6.01. The number of benzene rings is 2. The molecule has 176 valence electrons. The average Bonchev–Trinajstić information content (AvgIpc) is 3.30. The number of esters is 1. The molecule has 2 aromatic carbocycles. The minimum absolute atomic E-state index is 0.204. The lowest BCUT2D eigenvalue weighted by molar-refractivity contribution is -0.139. The third-order valence-electron chi connectivity index (χ3n) is 5.24. The highest BCUT2D eigenvalue weighted by molar-refractivity contribution is 8.16. The van der Waals surface area contributed by atoms with E-state index in [-0.39, 0.29) is 19.1 Å². The molecule has 0 bridgehead atoms. The molecule has 1 atom stereocenters. The summed E-state index contributed by atoms with van der Waals surface area (Å²) in [6.07, 6.45) is 1.88. The molecule has 0 saturated heterocycles. The Labute approximate surface area is 202 Å². The van der Waals surface area contributed by atoms with E-state index in [4.69, 9.17) is 14.2 Å². The number of aliphatic imine (C=N–C) groups is 1. The number of carbonyl (C=O) groups excluding carboxylic acids is 2. The van der Waals surface area contributed by atoms with Gasteiger partial charge in [-0.25, -0.2) is 9.79 Å². The van der Waals surface area contributed by atoms with Gasteiger partial charge in [-0.2, -0.15) is 0 Å². The van der Waals surface area contributed by atoms with Gasteiger partial charge < -0.3 is 24.4 Å². The maximum atomic E-state index is 12.9. The smallest absolute Gasteiger partial charge is 0.338 e. The van der Waals surface area contributed by atoms with Crippen LogP contribution in [0.5, 0.6) is 11.5 Å². The minimum atomic E-state index is -0.490. The van der Waals surface area contributed by atoms with Crippen molar-refractivity contribution in [3.8, 4) is 11.5 Å². The molecule has 0 fully saturated rings. The van der Waals surface area contributed by atoms with Crippen LogP contribution in [0.4, 0.5) is 5.69 Å². The highest BCUT2D eigenvalue weighted by atomic mass is 32.2. The number of methoxy groups -OCH3 is 1. The fraction of sp³-hybridized carbons (Fsp3) is 0.240. The van der Waals surface area contributed by atoms with Crippen LogP contribution in [0.2, 0.25) is 0 Å². The molecule has 0 radical (unpaired) electrons. The molecule has 2 heterocycles. The lowest BCUT2D eigenvalue weighted by Gasteiger charge is -2.34. The molecule has 1 amide bonds. The molecule has 34 heavy (non-hydrogen) atoms. The Morgan fingerprint density at radius 2 is 2.00 bits per heavy atom. The Morgan fingerprint density at radius 3 is 2.79 bits per heavy atom. The monoisotopic (exact) mass is 479 g/mol. The second-order valence-electron chi connectivity index (χ2n) is 7.43. The van der Waals surface area contributed by atoms with Crippen LogP contribution >= 0.6 is 11.8 Å². The molecule has 4 rings (SSSR count). The number of fused-ring (bicyclic) bond motifs is 1. The predicted octanol–water partition coefficient (Wildman–Crippen LogP) is 4.48. The SMILES string of the molecule is CCOC(=O)C1=C(C)N=C2SC=CN2[C@@H]1c1ccccc1OCC(=O)Nc1cccc(OC)c1. The summed E-state index contributed by atoms with van der Waals surface area (Å²) in [5.41, 5.74) is 2.38. The molecule has 0 aliphatic carbocycles. The van der Waals surface area contributed by atoms with E-state index in [9.17, 15) is 9.59 Å². The van der Waals surface area contributed by atoms with Crippen LogP contribution in [-0.2, 0) is 14.3 Å². The second-order valence-corrected chi connectivity index (χ2v) is 8.31. The Morgan fingerprint density at radius 1 is 1.18 bits per heavy atom. The summed E-state index contributed by atoms with van der Waals surface area (Å²) in [5, 5.41) is 5.48. The fourth-order valence-corrected chi connectivity index (χ4v) is 4.55. The Hall–Kier alpha value is -3.72. The summed E-state index contributed by atoms with van der Waals surface area (Å²) in [6, 6.07) is 14.0. The van der Waals surface area contributed by atoms with Crippen molar-refractivity contribution in [2.75, 3.05) is 25.6 Å². The molecule has 0 spiro atoms.